The number of hydrogen-bond donors (Lipinski definition) is 2. The van der Waals surface area contributed by atoms with Crippen LogP contribution in [-0.2, 0) is 14.6 Å². The lowest BCUT2D eigenvalue weighted by atomic mass is 9.82. The lowest BCUT2D eigenvalue weighted by molar-refractivity contribution is -0.116. The number of nitrogens with one attached hydrogen (secondary N) is 2. The molecule has 1 amide bonds. The zero-order chi connectivity index (χ0) is 22.6. The summed E-state index contributed by atoms with van der Waals surface area (Å²) in [7, 11) is -3.43. The zero-order valence-electron chi connectivity index (χ0n) is 17.0. The molecule has 0 bridgehead atoms. The maximum atomic E-state index is 12.7. The molecule has 0 saturated heterocycles. The van der Waals surface area contributed by atoms with Gasteiger partial charge in [-0.1, -0.05) is 30.5 Å². The van der Waals surface area contributed by atoms with E-state index < -0.39 is 15.6 Å². The SMILES string of the molecule is CS(=O)(=O)c1ccc(C(CC(=O)Nc2cnc(C(=O)C=N)cn2)C2CCCC2)cc1Cl. The van der Waals surface area contributed by atoms with Crippen molar-refractivity contribution >= 4 is 45.2 Å². The monoisotopic (exact) mass is 462 g/mol. The van der Waals surface area contributed by atoms with E-state index in [0.29, 0.717) is 12.1 Å². The molecule has 8 nitrogen and oxygen atoms in total. The molecule has 1 aliphatic rings. The van der Waals surface area contributed by atoms with Gasteiger partial charge in [0, 0.05) is 12.7 Å². The molecule has 0 radical (unpaired) electrons. The topological polar surface area (TPSA) is 130 Å². The average Bonchev–Trinajstić information content (AvgIpc) is 3.25. The number of nitrogens with zero attached hydrogens (tertiary/aromatic N) is 2. The van der Waals surface area contributed by atoms with Gasteiger partial charge in [0.25, 0.3) is 0 Å². The van der Waals surface area contributed by atoms with Crippen LogP contribution in [0.25, 0.3) is 0 Å². The fourth-order valence-corrected chi connectivity index (χ4v) is 5.29. The third-order valence-corrected chi connectivity index (χ3v) is 7.04. The molecule has 1 fully saturated rings. The van der Waals surface area contributed by atoms with Crippen molar-refractivity contribution in [3.05, 3.63) is 46.9 Å². The van der Waals surface area contributed by atoms with Gasteiger partial charge in [0.2, 0.25) is 11.7 Å². The number of carbonyl (C=O) groups is 2. The van der Waals surface area contributed by atoms with Crippen LogP contribution in [0.3, 0.4) is 0 Å². The van der Waals surface area contributed by atoms with Gasteiger partial charge in [-0.25, -0.2) is 18.4 Å². The Morgan fingerprint density at radius 3 is 2.52 bits per heavy atom. The Hall–Kier alpha value is -2.65. The fourth-order valence-electron chi connectivity index (χ4n) is 3.95. The van der Waals surface area contributed by atoms with Crippen LogP contribution in [0.2, 0.25) is 5.02 Å². The largest absolute Gasteiger partial charge is 0.309 e. The molecule has 31 heavy (non-hydrogen) atoms. The van der Waals surface area contributed by atoms with Crippen molar-refractivity contribution in [2.45, 2.75) is 42.9 Å². The molecule has 1 aliphatic carbocycles. The number of ketones is 1. The van der Waals surface area contributed by atoms with Crippen LogP contribution >= 0.6 is 11.6 Å². The number of Topliss-reactive ketones (excluding diaryl/α,β-unsaturated/α-hetero) is 1. The van der Waals surface area contributed by atoms with Crippen molar-refractivity contribution in [1.29, 1.82) is 5.41 Å². The first kappa shape index (κ1) is 23.0. The number of amides is 1. The van der Waals surface area contributed by atoms with E-state index in [1.165, 1.54) is 18.5 Å². The molecule has 1 unspecified atom stereocenters. The van der Waals surface area contributed by atoms with Gasteiger partial charge in [-0.3, -0.25) is 9.59 Å². The molecule has 2 aromatic rings. The van der Waals surface area contributed by atoms with E-state index in [1.54, 1.807) is 12.1 Å². The second-order valence-electron chi connectivity index (χ2n) is 7.66. The Morgan fingerprint density at radius 2 is 1.97 bits per heavy atom. The molecule has 10 heteroatoms. The molecule has 2 N–H and O–H groups in total. The summed E-state index contributed by atoms with van der Waals surface area (Å²) in [4.78, 5) is 32.1. The molecule has 164 valence electrons. The second kappa shape index (κ2) is 9.65. The van der Waals surface area contributed by atoms with E-state index in [1.807, 2.05) is 0 Å². The highest BCUT2D eigenvalue weighted by molar-refractivity contribution is 7.90. The van der Waals surface area contributed by atoms with E-state index in [9.17, 15) is 18.0 Å². The van der Waals surface area contributed by atoms with Gasteiger partial charge < -0.3 is 10.7 Å². The number of halogens is 1. The van der Waals surface area contributed by atoms with Gasteiger partial charge in [-0.05, 0) is 42.4 Å². The Balaban J connectivity index is 1.78. The van der Waals surface area contributed by atoms with Crippen molar-refractivity contribution in [3.63, 3.8) is 0 Å². The summed E-state index contributed by atoms with van der Waals surface area (Å²) in [5.41, 5.74) is 0.856. The molecular weight excluding hydrogens is 440 g/mol. The Morgan fingerprint density at radius 1 is 1.26 bits per heavy atom. The van der Waals surface area contributed by atoms with Crippen molar-refractivity contribution in [2.24, 2.45) is 5.92 Å². The molecule has 1 saturated carbocycles. The molecule has 1 aromatic heterocycles. The summed E-state index contributed by atoms with van der Waals surface area (Å²) in [5.74, 6) is -0.436. The van der Waals surface area contributed by atoms with Gasteiger partial charge in [0.1, 0.15) is 5.69 Å². The van der Waals surface area contributed by atoms with E-state index in [0.717, 1.165) is 37.5 Å². The van der Waals surface area contributed by atoms with E-state index in [-0.39, 0.29) is 39.7 Å². The normalized spacial score (nSPS) is 15.4. The fraction of sp³-hybridized carbons (Fsp3) is 0.381. The molecule has 1 atom stereocenters. The van der Waals surface area contributed by atoms with E-state index in [4.69, 9.17) is 17.0 Å². The van der Waals surface area contributed by atoms with Gasteiger partial charge in [0.15, 0.2) is 15.7 Å². The lowest BCUT2D eigenvalue weighted by Gasteiger charge is -2.24. The summed E-state index contributed by atoms with van der Waals surface area (Å²) in [5, 5.41) is 9.80. The van der Waals surface area contributed by atoms with Crippen molar-refractivity contribution < 1.29 is 18.0 Å². The van der Waals surface area contributed by atoms with Crippen LogP contribution < -0.4 is 5.32 Å². The van der Waals surface area contributed by atoms with Gasteiger partial charge in [0.05, 0.1) is 28.5 Å². The van der Waals surface area contributed by atoms with Gasteiger partial charge >= 0.3 is 0 Å². The predicted octanol–water partition coefficient (Wildman–Crippen LogP) is 3.67. The van der Waals surface area contributed by atoms with Gasteiger partial charge in [-0.15, -0.1) is 0 Å². The highest BCUT2D eigenvalue weighted by Gasteiger charge is 2.29. The Bertz CT molecular complexity index is 1100. The summed E-state index contributed by atoms with van der Waals surface area (Å²) < 4.78 is 23.7. The van der Waals surface area contributed by atoms with Crippen LogP contribution in [0.4, 0.5) is 5.82 Å². The number of rotatable bonds is 8. The molecule has 1 heterocycles. The third-order valence-electron chi connectivity index (χ3n) is 5.46. The van der Waals surface area contributed by atoms with Crippen LogP contribution in [0.15, 0.2) is 35.5 Å². The summed E-state index contributed by atoms with van der Waals surface area (Å²) in [6.07, 6.45) is 8.58. The summed E-state index contributed by atoms with van der Waals surface area (Å²) in [6, 6.07) is 4.87. The Labute approximate surface area is 185 Å². The van der Waals surface area contributed by atoms with Crippen LogP contribution in [0, 0.1) is 11.3 Å². The number of carbonyl (C=O) groups excluding carboxylic acids is 2. The maximum Gasteiger partial charge on any atom is 0.226 e. The number of hydrogen-bond acceptors (Lipinski definition) is 7. The van der Waals surface area contributed by atoms with Crippen molar-refractivity contribution in [3.8, 4) is 0 Å². The minimum Gasteiger partial charge on any atom is -0.309 e. The first-order valence-electron chi connectivity index (χ1n) is 9.85. The number of anilines is 1. The highest BCUT2D eigenvalue weighted by atomic mass is 35.5. The summed E-state index contributed by atoms with van der Waals surface area (Å²) in [6.45, 7) is 0. The number of sulfone groups is 1. The maximum absolute atomic E-state index is 12.7. The van der Waals surface area contributed by atoms with Crippen LogP contribution in [-0.4, -0.2) is 42.5 Å². The van der Waals surface area contributed by atoms with Crippen molar-refractivity contribution in [2.75, 3.05) is 11.6 Å². The van der Waals surface area contributed by atoms with Crippen molar-refractivity contribution in [1.82, 2.24) is 9.97 Å². The second-order valence-corrected chi connectivity index (χ2v) is 10.1. The molecule has 0 spiro atoms. The number of aromatic nitrogens is 2. The lowest BCUT2D eigenvalue weighted by Crippen LogP contribution is -2.21. The third kappa shape index (κ3) is 5.74. The van der Waals surface area contributed by atoms with E-state index >= 15 is 0 Å². The molecular formula is C21H23ClN4O4S. The minimum absolute atomic E-state index is 0.0254. The predicted molar refractivity (Wildman–Crippen MR) is 118 cm³/mol. The first-order valence-corrected chi connectivity index (χ1v) is 12.1. The smallest absolute Gasteiger partial charge is 0.226 e. The van der Waals surface area contributed by atoms with Gasteiger partial charge in [-0.2, -0.15) is 0 Å². The summed E-state index contributed by atoms with van der Waals surface area (Å²) >= 11 is 6.24. The first-order chi connectivity index (χ1) is 14.7. The highest BCUT2D eigenvalue weighted by Crippen LogP contribution is 2.40. The Kier molecular flexibility index (Phi) is 7.17. The van der Waals surface area contributed by atoms with Crippen LogP contribution in [0.5, 0.6) is 0 Å². The van der Waals surface area contributed by atoms with E-state index in [2.05, 4.69) is 15.3 Å². The zero-order valence-corrected chi connectivity index (χ0v) is 18.5. The minimum atomic E-state index is -3.43. The molecule has 1 aromatic carbocycles. The molecule has 0 aliphatic heterocycles. The molecule has 3 rings (SSSR count). The number of benzene rings is 1. The standard InChI is InChI=1S/C21H23ClN4O4S/c1-31(29,30)19-7-6-14(8-16(19)22)15(13-4-2-3-5-13)9-21(28)26-20-12-24-17(11-25-20)18(27)10-23/h6-8,10-13,15,23H,2-5,9H2,1H3,(H,25,26,28). The van der Waals surface area contributed by atoms with Crippen LogP contribution in [0.1, 0.15) is 54.1 Å². The quantitative estimate of drug-likeness (QED) is 0.454. The average molecular weight is 463 g/mol.